The second kappa shape index (κ2) is 9.86. The fourth-order valence-electron chi connectivity index (χ4n) is 6.96. The molecule has 0 atom stereocenters. The first-order chi connectivity index (χ1) is 21.8. The minimum atomic E-state index is 1.15. The lowest BCUT2D eigenvalue weighted by molar-refractivity contribution is 1.16. The van der Waals surface area contributed by atoms with E-state index in [-0.39, 0.29) is 0 Å². The summed E-state index contributed by atoms with van der Waals surface area (Å²) < 4.78 is 4.82. The van der Waals surface area contributed by atoms with E-state index in [1.54, 1.807) is 0 Å². The van der Waals surface area contributed by atoms with E-state index in [4.69, 9.17) is 0 Å². The van der Waals surface area contributed by atoms with Gasteiger partial charge in [0.05, 0.1) is 22.1 Å². The molecule has 0 radical (unpaired) electrons. The van der Waals surface area contributed by atoms with Gasteiger partial charge in [-0.2, -0.15) is 0 Å². The van der Waals surface area contributed by atoms with Crippen molar-refractivity contribution in [1.29, 1.82) is 0 Å². The highest BCUT2D eigenvalue weighted by molar-refractivity contribution is 6.19. The van der Waals surface area contributed by atoms with Gasteiger partial charge in [0, 0.05) is 32.9 Å². The van der Waals surface area contributed by atoms with Crippen molar-refractivity contribution >= 4 is 43.6 Å². The lowest BCUT2D eigenvalue weighted by Crippen LogP contribution is -1.96. The molecule has 0 aliphatic rings. The molecule has 2 aromatic heterocycles. The minimum absolute atomic E-state index is 1.15. The number of hydrogen-bond acceptors (Lipinski definition) is 0. The van der Waals surface area contributed by atoms with Crippen LogP contribution in [0.4, 0.5) is 0 Å². The molecule has 9 rings (SSSR count). The summed E-state index contributed by atoms with van der Waals surface area (Å²) in [5, 5.41) is 5.07. The molecule has 0 saturated heterocycles. The van der Waals surface area contributed by atoms with Crippen LogP contribution in [-0.2, 0) is 0 Å². The maximum atomic E-state index is 2.42. The molecule has 2 heterocycles. The lowest BCUT2D eigenvalue weighted by Gasteiger charge is -2.13. The molecule has 0 saturated carbocycles. The van der Waals surface area contributed by atoms with Gasteiger partial charge >= 0.3 is 0 Å². The first-order valence-electron chi connectivity index (χ1n) is 15.1. The van der Waals surface area contributed by atoms with Gasteiger partial charge in [0.25, 0.3) is 0 Å². The molecule has 7 aromatic carbocycles. The maximum absolute atomic E-state index is 2.42. The first kappa shape index (κ1) is 24.7. The molecule has 9 aromatic rings. The van der Waals surface area contributed by atoms with E-state index >= 15 is 0 Å². The molecular formula is C42H28N2. The van der Waals surface area contributed by atoms with E-state index in [1.165, 1.54) is 71.6 Å². The van der Waals surface area contributed by atoms with Crippen LogP contribution in [0, 0.1) is 0 Å². The van der Waals surface area contributed by atoms with Crippen LogP contribution in [0.2, 0.25) is 0 Å². The third-order valence-electron chi connectivity index (χ3n) is 8.93. The van der Waals surface area contributed by atoms with Gasteiger partial charge in [-0.3, -0.25) is 0 Å². The summed E-state index contributed by atoms with van der Waals surface area (Å²) >= 11 is 0. The summed E-state index contributed by atoms with van der Waals surface area (Å²) in [4.78, 5) is 0. The number of nitrogens with zero attached hydrogens (tertiary/aromatic N) is 2. The van der Waals surface area contributed by atoms with E-state index in [2.05, 4.69) is 179 Å². The Labute approximate surface area is 255 Å². The molecule has 0 spiro atoms. The van der Waals surface area contributed by atoms with Gasteiger partial charge in [0.2, 0.25) is 0 Å². The second-order valence-electron chi connectivity index (χ2n) is 11.4. The second-order valence-corrected chi connectivity index (χ2v) is 11.4. The largest absolute Gasteiger partial charge is 0.309 e. The van der Waals surface area contributed by atoms with Gasteiger partial charge in [-0.1, -0.05) is 121 Å². The van der Waals surface area contributed by atoms with Gasteiger partial charge < -0.3 is 9.13 Å². The molecule has 0 aliphatic heterocycles. The van der Waals surface area contributed by atoms with Crippen LogP contribution >= 0.6 is 0 Å². The molecule has 44 heavy (non-hydrogen) atoms. The number of fused-ring (bicyclic) bond motifs is 6. The molecule has 0 aliphatic carbocycles. The standard InChI is InChI=1S/C42H28N2/c1-3-13-29(14-4-1)33-17-7-8-18-34(33)30-23-25-32(26-24-30)44-40-22-12-10-20-36(40)38-27-37-35-19-9-11-21-39(35)43(41(37)28-42(38)44)31-15-5-2-6-16-31/h1-28H. The van der Waals surface area contributed by atoms with E-state index < -0.39 is 0 Å². The fraction of sp³-hybridized carbons (Fsp3) is 0. The Morgan fingerprint density at radius 2 is 0.705 bits per heavy atom. The average Bonchev–Trinajstić information content (AvgIpc) is 3.60. The van der Waals surface area contributed by atoms with Crippen LogP contribution in [0.5, 0.6) is 0 Å². The third-order valence-corrected chi connectivity index (χ3v) is 8.93. The van der Waals surface area contributed by atoms with Crippen LogP contribution in [0.15, 0.2) is 170 Å². The fourth-order valence-corrected chi connectivity index (χ4v) is 6.96. The lowest BCUT2D eigenvalue weighted by atomic mass is 9.94. The Morgan fingerprint density at radius 1 is 0.273 bits per heavy atom. The topological polar surface area (TPSA) is 9.86 Å². The third kappa shape index (κ3) is 3.75. The molecule has 0 unspecified atom stereocenters. The smallest absolute Gasteiger partial charge is 0.0562 e. The Balaban J connectivity index is 1.28. The van der Waals surface area contributed by atoms with E-state index in [0.717, 1.165) is 5.69 Å². The van der Waals surface area contributed by atoms with Crippen molar-refractivity contribution in [2.75, 3.05) is 0 Å². The van der Waals surface area contributed by atoms with Crippen molar-refractivity contribution in [3.63, 3.8) is 0 Å². The Hall–Kier alpha value is -5.86. The highest BCUT2D eigenvalue weighted by Gasteiger charge is 2.18. The predicted octanol–water partition coefficient (Wildman–Crippen LogP) is 11.2. The molecular weight excluding hydrogens is 532 g/mol. The Morgan fingerprint density at radius 3 is 1.27 bits per heavy atom. The van der Waals surface area contributed by atoms with Crippen molar-refractivity contribution in [3.05, 3.63) is 170 Å². The highest BCUT2D eigenvalue weighted by atomic mass is 15.0. The SMILES string of the molecule is c1ccc(-c2ccccc2-c2ccc(-n3c4ccccc4c4cc5c6ccccc6n(-c6ccccc6)c5cc43)cc2)cc1. The number of rotatable bonds is 4. The zero-order valence-corrected chi connectivity index (χ0v) is 24.1. The van der Waals surface area contributed by atoms with E-state index in [0.29, 0.717) is 0 Å². The van der Waals surface area contributed by atoms with Crippen LogP contribution < -0.4 is 0 Å². The summed E-state index contributed by atoms with van der Waals surface area (Å²) in [6, 6.07) is 61.4. The van der Waals surface area contributed by atoms with Gasteiger partial charge in [-0.15, -0.1) is 0 Å². The molecule has 0 bridgehead atoms. The van der Waals surface area contributed by atoms with Crippen molar-refractivity contribution in [2.24, 2.45) is 0 Å². The van der Waals surface area contributed by atoms with Crippen molar-refractivity contribution < 1.29 is 0 Å². The van der Waals surface area contributed by atoms with Crippen LogP contribution in [0.3, 0.4) is 0 Å². The van der Waals surface area contributed by atoms with Crippen molar-refractivity contribution in [3.8, 4) is 33.6 Å². The molecule has 206 valence electrons. The number of para-hydroxylation sites is 3. The highest BCUT2D eigenvalue weighted by Crippen LogP contribution is 2.40. The summed E-state index contributed by atoms with van der Waals surface area (Å²) in [7, 11) is 0. The number of benzene rings is 7. The zero-order valence-electron chi connectivity index (χ0n) is 24.1. The summed E-state index contributed by atoms with van der Waals surface area (Å²) in [5.41, 5.74) is 12.1. The Kier molecular flexibility index (Phi) is 5.54. The Bertz CT molecular complexity index is 2460. The predicted molar refractivity (Wildman–Crippen MR) is 186 cm³/mol. The molecule has 0 N–H and O–H groups in total. The van der Waals surface area contributed by atoms with Crippen LogP contribution in [0.25, 0.3) is 77.2 Å². The summed E-state index contributed by atoms with van der Waals surface area (Å²) in [6.07, 6.45) is 0. The first-order valence-corrected chi connectivity index (χ1v) is 15.1. The van der Waals surface area contributed by atoms with Crippen molar-refractivity contribution in [2.45, 2.75) is 0 Å². The van der Waals surface area contributed by atoms with E-state index in [1.807, 2.05) is 0 Å². The summed E-state index contributed by atoms with van der Waals surface area (Å²) in [6.45, 7) is 0. The maximum Gasteiger partial charge on any atom is 0.0562 e. The monoisotopic (exact) mass is 560 g/mol. The number of aromatic nitrogens is 2. The molecule has 2 heteroatoms. The van der Waals surface area contributed by atoms with Crippen molar-refractivity contribution in [1.82, 2.24) is 9.13 Å². The number of hydrogen-bond donors (Lipinski definition) is 0. The normalized spacial score (nSPS) is 11.6. The summed E-state index contributed by atoms with van der Waals surface area (Å²) in [5.74, 6) is 0. The van der Waals surface area contributed by atoms with Gasteiger partial charge in [0.1, 0.15) is 0 Å². The molecule has 0 fully saturated rings. The van der Waals surface area contributed by atoms with Crippen LogP contribution in [0.1, 0.15) is 0 Å². The zero-order chi connectivity index (χ0) is 29.0. The average molecular weight is 561 g/mol. The van der Waals surface area contributed by atoms with Gasteiger partial charge in [-0.25, -0.2) is 0 Å². The quantitative estimate of drug-likeness (QED) is 0.203. The van der Waals surface area contributed by atoms with Gasteiger partial charge in [0.15, 0.2) is 0 Å². The van der Waals surface area contributed by atoms with E-state index in [9.17, 15) is 0 Å². The minimum Gasteiger partial charge on any atom is -0.309 e. The van der Waals surface area contributed by atoms with Crippen LogP contribution in [-0.4, -0.2) is 9.13 Å². The van der Waals surface area contributed by atoms with Gasteiger partial charge in [-0.05, 0) is 70.8 Å². The molecule has 0 amide bonds. The molecule has 2 nitrogen and oxygen atoms in total.